The zero-order chi connectivity index (χ0) is 15.5. The lowest BCUT2D eigenvalue weighted by molar-refractivity contribution is -0.274. The fraction of sp³-hybridized carbons (Fsp3) is 0.200. The number of benzene rings is 2. The van der Waals surface area contributed by atoms with Crippen LogP contribution in [0, 0.1) is 12.7 Å². The van der Waals surface area contributed by atoms with E-state index in [9.17, 15) is 17.6 Å². The van der Waals surface area contributed by atoms with Gasteiger partial charge >= 0.3 is 6.36 Å². The van der Waals surface area contributed by atoms with E-state index in [0.717, 1.165) is 5.56 Å². The van der Waals surface area contributed by atoms with Crippen LogP contribution in [0.5, 0.6) is 5.75 Å². The van der Waals surface area contributed by atoms with Crippen molar-refractivity contribution in [1.82, 2.24) is 0 Å². The molecule has 0 atom stereocenters. The third-order valence-corrected chi connectivity index (χ3v) is 2.77. The maximum Gasteiger partial charge on any atom is 0.573 e. The van der Waals surface area contributed by atoms with Gasteiger partial charge in [-0.05, 0) is 37.3 Å². The fourth-order valence-corrected chi connectivity index (χ4v) is 1.81. The molecule has 21 heavy (non-hydrogen) atoms. The summed E-state index contributed by atoms with van der Waals surface area (Å²) < 4.78 is 53.3. The summed E-state index contributed by atoms with van der Waals surface area (Å²) in [7, 11) is 0. The van der Waals surface area contributed by atoms with Crippen molar-refractivity contribution in [3.63, 3.8) is 0 Å². The maximum atomic E-state index is 13.5. The number of hydrogen-bond acceptors (Lipinski definition) is 2. The van der Waals surface area contributed by atoms with Gasteiger partial charge in [-0.1, -0.05) is 17.7 Å². The lowest BCUT2D eigenvalue weighted by atomic mass is 10.1. The van der Waals surface area contributed by atoms with Gasteiger partial charge in [0, 0.05) is 17.8 Å². The largest absolute Gasteiger partial charge is 0.573 e. The Hall–Kier alpha value is -2.24. The molecule has 0 saturated heterocycles. The van der Waals surface area contributed by atoms with Gasteiger partial charge in [-0.2, -0.15) is 0 Å². The van der Waals surface area contributed by atoms with Crippen LogP contribution in [0.25, 0.3) is 0 Å². The molecule has 0 aromatic heterocycles. The molecule has 2 nitrogen and oxygen atoms in total. The van der Waals surface area contributed by atoms with Crippen molar-refractivity contribution >= 4 is 5.69 Å². The van der Waals surface area contributed by atoms with Crippen LogP contribution in [0.15, 0.2) is 42.5 Å². The van der Waals surface area contributed by atoms with Gasteiger partial charge in [0.05, 0.1) is 0 Å². The molecule has 2 aromatic rings. The standard InChI is InChI=1S/C15H13F4NO/c1-10-2-7-14(16)11(8-10)9-20-12-3-5-13(6-4-12)21-15(17,18)19/h2-8,20H,9H2,1H3. The van der Waals surface area contributed by atoms with Gasteiger partial charge in [-0.25, -0.2) is 4.39 Å². The van der Waals surface area contributed by atoms with Crippen molar-refractivity contribution < 1.29 is 22.3 Å². The molecule has 0 fully saturated rings. The molecular weight excluding hydrogens is 286 g/mol. The Morgan fingerprint density at radius 3 is 2.33 bits per heavy atom. The third kappa shape index (κ3) is 4.66. The highest BCUT2D eigenvalue weighted by Crippen LogP contribution is 2.24. The minimum absolute atomic E-state index is 0.243. The van der Waals surface area contributed by atoms with Crippen molar-refractivity contribution in [2.24, 2.45) is 0 Å². The van der Waals surface area contributed by atoms with Crippen molar-refractivity contribution in [2.45, 2.75) is 19.8 Å². The number of nitrogens with one attached hydrogen (secondary N) is 1. The van der Waals surface area contributed by atoms with E-state index in [4.69, 9.17) is 0 Å². The van der Waals surface area contributed by atoms with Crippen molar-refractivity contribution in [2.75, 3.05) is 5.32 Å². The van der Waals surface area contributed by atoms with E-state index in [-0.39, 0.29) is 18.1 Å². The molecule has 2 aromatic carbocycles. The summed E-state index contributed by atoms with van der Waals surface area (Å²) in [6.07, 6.45) is -4.71. The van der Waals surface area contributed by atoms with E-state index in [1.54, 1.807) is 12.1 Å². The lowest BCUT2D eigenvalue weighted by Gasteiger charge is -2.11. The predicted molar refractivity (Wildman–Crippen MR) is 71.6 cm³/mol. The SMILES string of the molecule is Cc1ccc(F)c(CNc2ccc(OC(F)(F)F)cc2)c1. The fourth-order valence-electron chi connectivity index (χ4n) is 1.81. The van der Waals surface area contributed by atoms with E-state index in [1.165, 1.54) is 30.3 Å². The molecule has 112 valence electrons. The minimum Gasteiger partial charge on any atom is -0.406 e. The highest BCUT2D eigenvalue weighted by Gasteiger charge is 2.30. The first kappa shape index (κ1) is 15.2. The highest BCUT2D eigenvalue weighted by molar-refractivity contribution is 5.47. The van der Waals surface area contributed by atoms with Gasteiger partial charge in [0.2, 0.25) is 0 Å². The van der Waals surface area contributed by atoms with Gasteiger partial charge in [-0.15, -0.1) is 13.2 Å². The van der Waals surface area contributed by atoms with Crippen molar-refractivity contribution in [3.05, 3.63) is 59.4 Å². The summed E-state index contributed by atoms with van der Waals surface area (Å²) in [5.41, 5.74) is 2.00. The molecule has 0 aliphatic carbocycles. The van der Waals surface area contributed by atoms with Crippen LogP contribution in [-0.2, 0) is 6.54 Å². The summed E-state index contributed by atoms with van der Waals surface area (Å²) in [5, 5.41) is 2.94. The first-order valence-electron chi connectivity index (χ1n) is 6.18. The Bertz CT molecular complexity index is 608. The minimum atomic E-state index is -4.71. The molecule has 0 bridgehead atoms. The van der Waals surface area contributed by atoms with Gasteiger partial charge in [-0.3, -0.25) is 0 Å². The molecule has 0 heterocycles. The quantitative estimate of drug-likeness (QED) is 0.830. The zero-order valence-corrected chi connectivity index (χ0v) is 11.2. The van der Waals surface area contributed by atoms with Gasteiger partial charge in [0.15, 0.2) is 0 Å². The Morgan fingerprint density at radius 1 is 1.05 bits per heavy atom. The summed E-state index contributed by atoms with van der Waals surface area (Å²) in [5.74, 6) is -0.625. The second kappa shape index (κ2) is 6.03. The molecule has 0 aliphatic rings. The van der Waals surface area contributed by atoms with E-state index in [1.807, 2.05) is 6.92 Å². The molecule has 2 rings (SSSR count). The number of hydrogen-bond donors (Lipinski definition) is 1. The number of aryl methyl sites for hydroxylation is 1. The number of ether oxygens (including phenoxy) is 1. The zero-order valence-electron chi connectivity index (χ0n) is 11.2. The first-order chi connectivity index (χ1) is 9.83. The number of halogens is 4. The monoisotopic (exact) mass is 299 g/mol. The van der Waals surface area contributed by atoms with Crippen LogP contribution < -0.4 is 10.1 Å². The Labute approximate surface area is 119 Å². The Morgan fingerprint density at radius 2 is 1.71 bits per heavy atom. The number of rotatable bonds is 4. The smallest absolute Gasteiger partial charge is 0.406 e. The summed E-state index contributed by atoms with van der Waals surface area (Å²) >= 11 is 0. The van der Waals surface area contributed by atoms with Crippen LogP contribution >= 0.6 is 0 Å². The molecule has 1 N–H and O–H groups in total. The van der Waals surface area contributed by atoms with Gasteiger partial charge in [0.1, 0.15) is 11.6 Å². The molecule has 6 heteroatoms. The first-order valence-corrected chi connectivity index (χ1v) is 6.18. The molecule has 0 saturated carbocycles. The third-order valence-electron chi connectivity index (χ3n) is 2.77. The summed E-state index contributed by atoms with van der Waals surface area (Å²) in [6.45, 7) is 2.10. The average Bonchev–Trinajstić information content (AvgIpc) is 2.40. The summed E-state index contributed by atoms with van der Waals surface area (Å²) in [4.78, 5) is 0. The van der Waals surface area contributed by atoms with E-state index < -0.39 is 6.36 Å². The van der Waals surface area contributed by atoms with E-state index in [2.05, 4.69) is 10.1 Å². The molecule has 0 aliphatic heterocycles. The molecule has 0 spiro atoms. The van der Waals surface area contributed by atoms with Gasteiger partial charge in [0.25, 0.3) is 0 Å². The molecular formula is C15H13F4NO. The molecule has 0 unspecified atom stereocenters. The maximum absolute atomic E-state index is 13.5. The summed E-state index contributed by atoms with van der Waals surface area (Å²) in [6, 6.07) is 10.0. The second-order valence-electron chi connectivity index (χ2n) is 4.52. The van der Waals surface area contributed by atoms with Crippen LogP contribution in [0.1, 0.15) is 11.1 Å². The number of anilines is 1. The highest BCUT2D eigenvalue weighted by atomic mass is 19.4. The Kier molecular flexibility index (Phi) is 4.35. The number of alkyl halides is 3. The van der Waals surface area contributed by atoms with Crippen LogP contribution in [-0.4, -0.2) is 6.36 Å². The normalized spacial score (nSPS) is 11.3. The van der Waals surface area contributed by atoms with E-state index >= 15 is 0 Å². The lowest BCUT2D eigenvalue weighted by Crippen LogP contribution is -2.17. The average molecular weight is 299 g/mol. The predicted octanol–water partition coefficient (Wildman–Crippen LogP) is 4.64. The van der Waals surface area contributed by atoms with Crippen LogP contribution in [0.3, 0.4) is 0 Å². The van der Waals surface area contributed by atoms with Crippen molar-refractivity contribution in [1.29, 1.82) is 0 Å². The topological polar surface area (TPSA) is 21.3 Å². The second-order valence-corrected chi connectivity index (χ2v) is 4.52. The molecule has 0 amide bonds. The molecule has 0 radical (unpaired) electrons. The van der Waals surface area contributed by atoms with Crippen molar-refractivity contribution in [3.8, 4) is 5.75 Å². The van der Waals surface area contributed by atoms with E-state index in [0.29, 0.717) is 11.3 Å². The van der Waals surface area contributed by atoms with Gasteiger partial charge < -0.3 is 10.1 Å². The van der Waals surface area contributed by atoms with Crippen LogP contribution in [0.2, 0.25) is 0 Å². The Balaban J connectivity index is 1.99. The van der Waals surface area contributed by atoms with Crippen LogP contribution in [0.4, 0.5) is 23.2 Å².